The lowest BCUT2D eigenvalue weighted by molar-refractivity contribution is 0.568. The lowest BCUT2D eigenvalue weighted by atomic mass is 10.2. The maximum absolute atomic E-state index is 11.7. The molecule has 1 aromatic carbocycles. The van der Waals surface area contributed by atoms with Crippen molar-refractivity contribution in [2.45, 2.75) is 6.42 Å². The predicted octanol–water partition coefficient (Wildman–Crippen LogP) is 2.11. The van der Waals surface area contributed by atoms with E-state index in [1.807, 2.05) is 0 Å². The van der Waals surface area contributed by atoms with Crippen molar-refractivity contribution in [2.75, 3.05) is 16.4 Å². The zero-order valence-corrected chi connectivity index (χ0v) is 11.5. The van der Waals surface area contributed by atoms with E-state index in [-0.39, 0.29) is 5.75 Å². The summed E-state index contributed by atoms with van der Waals surface area (Å²) in [5.74, 6) is 0.704. The average molecular weight is 302 g/mol. The molecular formula is C11H12ClN3O3S. The van der Waals surface area contributed by atoms with Gasteiger partial charge in [0.25, 0.3) is 0 Å². The quantitative estimate of drug-likeness (QED) is 0.826. The largest absolute Gasteiger partial charge is 0.423 e. The van der Waals surface area contributed by atoms with Gasteiger partial charge in [-0.3, -0.25) is 4.72 Å². The molecule has 0 spiro atoms. The van der Waals surface area contributed by atoms with Crippen LogP contribution in [0.5, 0.6) is 0 Å². The molecule has 8 heteroatoms. The maximum atomic E-state index is 11.7. The summed E-state index contributed by atoms with van der Waals surface area (Å²) in [5.41, 5.74) is 1.21. The molecule has 0 saturated carbocycles. The Morgan fingerprint density at radius 2 is 2.00 bits per heavy atom. The van der Waals surface area contributed by atoms with Crippen LogP contribution in [0.15, 0.2) is 35.1 Å². The third kappa shape index (κ3) is 3.93. The van der Waals surface area contributed by atoms with Gasteiger partial charge in [-0.1, -0.05) is 0 Å². The van der Waals surface area contributed by atoms with Crippen LogP contribution in [0.1, 0.15) is 6.42 Å². The fraction of sp³-hybridized carbons (Fsp3) is 0.273. The highest BCUT2D eigenvalue weighted by Crippen LogP contribution is 2.19. The summed E-state index contributed by atoms with van der Waals surface area (Å²) >= 11 is 5.47. The predicted molar refractivity (Wildman–Crippen MR) is 72.5 cm³/mol. The molecule has 0 amide bonds. The number of benzene rings is 1. The van der Waals surface area contributed by atoms with Crippen molar-refractivity contribution in [3.63, 3.8) is 0 Å². The Balaban J connectivity index is 2.07. The first kappa shape index (κ1) is 13.8. The van der Waals surface area contributed by atoms with Crippen molar-refractivity contribution in [3.05, 3.63) is 30.7 Å². The van der Waals surface area contributed by atoms with E-state index in [4.69, 9.17) is 16.0 Å². The van der Waals surface area contributed by atoms with Crippen LogP contribution in [-0.2, 0) is 10.0 Å². The van der Waals surface area contributed by atoms with Gasteiger partial charge in [0.15, 0.2) is 0 Å². The minimum atomic E-state index is -3.35. The van der Waals surface area contributed by atoms with Gasteiger partial charge in [-0.15, -0.1) is 21.8 Å². The van der Waals surface area contributed by atoms with Crippen LogP contribution >= 0.6 is 11.6 Å². The molecule has 0 aliphatic heterocycles. The molecule has 19 heavy (non-hydrogen) atoms. The summed E-state index contributed by atoms with van der Waals surface area (Å²) in [6.07, 6.45) is 1.65. The van der Waals surface area contributed by atoms with Gasteiger partial charge in [-0.25, -0.2) is 8.42 Å². The number of anilines is 1. The van der Waals surface area contributed by atoms with E-state index in [0.717, 1.165) is 5.56 Å². The van der Waals surface area contributed by atoms with E-state index in [9.17, 15) is 8.42 Å². The molecule has 0 unspecified atom stereocenters. The molecule has 6 nitrogen and oxygen atoms in total. The molecule has 0 saturated heterocycles. The number of hydrogen-bond acceptors (Lipinski definition) is 5. The van der Waals surface area contributed by atoms with Crippen LogP contribution in [0.25, 0.3) is 11.5 Å². The number of sulfonamides is 1. The van der Waals surface area contributed by atoms with E-state index in [1.54, 1.807) is 24.3 Å². The SMILES string of the molecule is O=S(=O)(CCCCl)Nc1ccc(-c2nnco2)cc1. The lowest BCUT2D eigenvalue weighted by Gasteiger charge is -2.07. The molecule has 2 rings (SSSR count). The monoisotopic (exact) mass is 301 g/mol. The van der Waals surface area contributed by atoms with Crippen molar-refractivity contribution in [3.8, 4) is 11.5 Å². The Bertz CT molecular complexity index is 611. The molecule has 0 atom stereocenters. The summed E-state index contributed by atoms with van der Waals surface area (Å²) in [7, 11) is -3.35. The van der Waals surface area contributed by atoms with Gasteiger partial charge in [-0.2, -0.15) is 0 Å². The summed E-state index contributed by atoms with van der Waals surface area (Å²) in [4.78, 5) is 0. The lowest BCUT2D eigenvalue weighted by Crippen LogP contribution is -2.16. The number of halogens is 1. The normalized spacial score (nSPS) is 11.4. The smallest absolute Gasteiger partial charge is 0.247 e. The Kier molecular flexibility index (Phi) is 4.39. The molecule has 1 heterocycles. The summed E-state index contributed by atoms with van der Waals surface area (Å²) in [5, 5.41) is 7.33. The highest BCUT2D eigenvalue weighted by molar-refractivity contribution is 7.92. The van der Waals surface area contributed by atoms with E-state index in [1.165, 1.54) is 6.39 Å². The molecule has 1 N–H and O–H groups in total. The van der Waals surface area contributed by atoms with Crippen LogP contribution in [0.4, 0.5) is 5.69 Å². The van der Waals surface area contributed by atoms with Crippen LogP contribution in [0.2, 0.25) is 0 Å². The van der Waals surface area contributed by atoms with Crippen molar-refractivity contribution in [2.24, 2.45) is 0 Å². The molecule has 0 fully saturated rings. The van der Waals surface area contributed by atoms with E-state index < -0.39 is 10.0 Å². The van der Waals surface area contributed by atoms with Gasteiger partial charge in [0.05, 0.1) is 5.75 Å². The van der Waals surface area contributed by atoms with Crippen LogP contribution < -0.4 is 4.72 Å². The average Bonchev–Trinajstić information content (AvgIpc) is 2.91. The number of nitrogens with zero attached hydrogens (tertiary/aromatic N) is 2. The fourth-order valence-corrected chi connectivity index (χ4v) is 2.87. The summed E-state index contributed by atoms with van der Waals surface area (Å²) < 4.78 is 30.8. The highest BCUT2D eigenvalue weighted by atomic mass is 35.5. The zero-order chi connectivity index (χ0) is 13.7. The number of hydrogen-bond donors (Lipinski definition) is 1. The second-order valence-corrected chi connectivity index (χ2v) is 6.00. The van der Waals surface area contributed by atoms with Gasteiger partial charge in [-0.05, 0) is 30.7 Å². The van der Waals surface area contributed by atoms with Crippen molar-refractivity contribution < 1.29 is 12.8 Å². The second kappa shape index (κ2) is 6.03. The van der Waals surface area contributed by atoms with E-state index in [0.29, 0.717) is 23.9 Å². The third-order valence-electron chi connectivity index (χ3n) is 2.31. The van der Waals surface area contributed by atoms with Gasteiger partial charge in [0, 0.05) is 17.1 Å². The molecule has 0 radical (unpaired) electrons. The minimum absolute atomic E-state index is 0.00190. The Labute approximate surface area is 115 Å². The zero-order valence-electron chi connectivity index (χ0n) is 9.91. The van der Waals surface area contributed by atoms with Gasteiger partial charge in [0.1, 0.15) is 0 Å². The molecule has 2 aromatic rings. The van der Waals surface area contributed by atoms with E-state index in [2.05, 4.69) is 14.9 Å². The van der Waals surface area contributed by atoms with Gasteiger partial charge < -0.3 is 4.42 Å². The Hall–Kier alpha value is -1.60. The topological polar surface area (TPSA) is 85.1 Å². The molecular weight excluding hydrogens is 290 g/mol. The Morgan fingerprint density at radius 3 is 2.58 bits per heavy atom. The Morgan fingerprint density at radius 1 is 1.26 bits per heavy atom. The number of rotatable bonds is 6. The fourth-order valence-electron chi connectivity index (χ4n) is 1.45. The van der Waals surface area contributed by atoms with E-state index >= 15 is 0 Å². The number of nitrogens with one attached hydrogen (secondary N) is 1. The third-order valence-corrected chi connectivity index (χ3v) is 3.95. The van der Waals surface area contributed by atoms with Crippen LogP contribution in [-0.4, -0.2) is 30.2 Å². The second-order valence-electron chi connectivity index (χ2n) is 3.78. The van der Waals surface area contributed by atoms with Gasteiger partial charge >= 0.3 is 0 Å². The first-order chi connectivity index (χ1) is 9.11. The minimum Gasteiger partial charge on any atom is -0.423 e. The van der Waals surface area contributed by atoms with Crippen LogP contribution in [0.3, 0.4) is 0 Å². The molecule has 102 valence electrons. The summed E-state index contributed by atoms with van der Waals surface area (Å²) in [6, 6.07) is 6.68. The summed E-state index contributed by atoms with van der Waals surface area (Å²) in [6.45, 7) is 0. The maximum Gasteiger partial charge on any atom is 0.247 e. The van der Waals surface area contributed by atoms with Gasteiger partial charge in [0.2, 0.25) is 22.3 Å². The number of aromatic nitrogens is 2. The molecule has 1 aromatic heterocycles. The first-order valence-corrected chi connectivity index (χ1v) is 7.72. The van der Waals surface area contributed by atoms with Crippen molar-refractivity contribution in [1.82, 2.24) is 10.2 Å². The molecule has 0 aliphatic rings. The standard InChI is InChI=1S/C11H12ClN3O3S/c12-6-1-7-19(16,17)15-10-4-2-9(3-5-10)11-14-13-8-18-11/h2-5,8,15H,1,6-7H2. The first-order valence-electron chi connectivity index (χ1n) is 5.54. The highest BCUT2D eigenvalue weighted by Gasteiger charge is 2.10. The van der Waals surface area contributed by atoms with Crippen molar-refractivity contribution in [1.29, 1.82) is 0 Å². The molecule has 0 bridgehead atoms. The van der Waals surface area contributed by atoms with Crippen LogP contribution in [0, 0.1) is 0 Å². The number of alkyl halides is 1. The van der Waals surface area contributed by atoms with Crippen molar-refractivity contribution >= 4 is 27.3 Å². The molecule has 0 aliphatic carbocycles.